The van der Waals surface area contributed by atoms with Crippen molar-refractivity contribution < 1.29 is 99.0 Å². The van der Waals surface area contributed by atoms with Gasteiger partial charge in [0, 0.05) is 5.56 Å². The monoisotopic (exact) mass is 738 g/mol. The molecular formula is C36H52Na2O9S2. The molecule has 6 aliphatic rings. The van der Waals surface area contributed by atoms with Gasteiger partial charge in [0.05, 0.1) is 16.6 Å². The van der Waals surface area contributed by atoms with Crippen molar-refractivity contribution in [3.05, 3.63) is 23.3 Å². The second-order valence-corrected chi connectivity index (χ2v) is 20.7. The zero-order valence-corrected chi connectivity index (χ0v) is 36.7. The summed E-state index contributed by atoms with van der Waals surface area (Å²) in [6.45, 7) is 16.7. The first-order valence-electron chi connectivity index (χ1n) is 17.7. The summed E-state index contributed by atoms with van der Waals surface area (Å²) in [4.78, 5) is -0.258. The van der Waals surface area contributed by atoms with Crippen molar-refractivity contribution in [2.45, 2.75) is 148 Å². The number of hydrogen-bond acceptors (Lipinski definition) is 9. The molecule has 13 heteroatoms. The molecule has 0 unspecified atom stereocenters. The van der Waals surface area contributed by atoms with Crippen molar-refractivity contribution in [2.75, 3.05) is 0 Å². The standard InChI is InChI=1S/C36H54O9S2.2Na/c1-31(2)15-8-16-36(7)25(31)11-18-34(5)27-12-17-33(4)26(32(27,3)20-14-29(34)43-36)13-19-35(6)28(33)21-22-23(44-47(40,41)42)9-10-24(30(22)35)46(38,39)45-37;;/h9-10,25-29,37H,8,11-21H2,1-7H3,(H,40,41,42);;/q;2*+1/p-2/t25-,26+,27+,28-,29-,32+,33+,34-,35-,36-;;/m0../s1. The second-order valence-electron chi connectivity index (χ2n) is 18.2. The fourth-order valence-electron chi connectivity index (χ4n) is 13.9. The molecule has 0 N–H and O–H groups in total. The molecule has 0 bridgehead atoms. The van der Waals surface area contributed by atoms with Gasteiger partial charge in [-0.2, -0.15) is 8.42 Å². The average molecular weight is 739 g/mol. The normalized spacial score (nSPS) is 43.8. The van der Waals surface area contributed by atoms with Crippen molar-refractivity contribution in [1.82, 2.24) is 0 Å². The fraction of sp³-hybridized carbons (Fsp3) is 0.833. The smallest absolute Gasteiger partial charge is 0.716 e. The number of ether oxygens (including phenoxy) is 1. The van der Waals surface area contributed by atoms with Crippen LogP contribution in [0.2, 0.25) is 0 Å². The van der Waals surface area contributed by atoms with Crippen molar-refractivity contribution in [2.24, 2.45) is 45.3 Å². The molecule has 1 heterocycles. The molecule has 4 saturated carbocycles. The molecule has 5 aliphatic carbocycles. The second kappa shape index (κ2) is 12.9. The van der Waals surface area contributed by atoms with E-state index in [0.717, 1.165) is 44.6 Å². The van der Waals surface area contributed by atoms with Gasteiger partial charge in [-0.1, -0.05) is 48.0 Å². The van der Waals surface area contributed by atoms with Gasteiger partial charge >= 0.3 is 59.1 Å². The largest absolute Gasteiger partial charge is 1.00 e. The minimum Gasteiger partial charge on any atom is -0.716 e. The third kappa shape index (κ3) is 6.05. The van der Waals surface area contributed by atoms with E-state index in [2.05, 4.69) is 45.9 Å². The third-order valence-corrected chi connectivity index (χ3v) is 17.1. The van der Waals surface area contributed by atoms with Crippen LogP contribution in [0.5, 0.6) is 5.75 Å². The van der Waals surface area contributed by atoms with E-state index in [1.54, 1.807) is 0 Å². The molecule has 1 aliphatic heterocycles. The van der Waals surface area contributed by atoms with Gasteiger partial charge in [0.2, 0.25) is 0 Å². The van der Waals surface area contributed by atoms with E-state index in [1.165, 1.54) is 31.7 Å². The van der Waals surface area contributed by atoms with Gasteiger partial charge in [-0.15, -0.1) is 0 Å². The van der Waals surface area contributed by atoms with E-state index in [-0.39, 0.29) is 109 Å². The topological polar surface area (TPSA) is 142 Å². The van der Waals surface area contributed by atoms with Crippen LogP contribution in [0.15, 0.2) is 17.0 Å². The van der Waals surface area contributed by atoms with Crippen LogP contribution in [0, 0.1) is 45.3 Å². The van der Waals surface area contributed by atoms with E-state index >= 15 is 0 Å². The molecule has 1 aromatic rings. The Hall–Kier alpha value is 0.760. The van der Waals surface area contributed by atoms with Crippen LogP contribution in [0.4, 0.5) is 0 Å². The van der Waals surface area contributed by atoms with E-state index in [1.807, 2.05) is 6.92 Å². The molecule has 0 amide bonds. The summed E-state index contributed by atoms with van der Waals surface area (Å²) in [5.41, 5.74) is 0.156. The van der Waals surface area contributed by atoms with Crippen LogP contribution in [0.1, 0.15) is 130 Å². The summed E-state index contributed by atoms with van der Waals surface area (Å²) in [5.74, 6) is 1.19. The van der Waals surface area contributed by atoms with Crippen molar-refractivity contribution in [1.29, 1.82) is 0 Å². The zero-order valence-electron chi connectivity index (χ0n) is 31.0. The van der Waals surface area contributed by atoms with Crippen molar-refractivity contribution in [3.8, 4) is 5.75 Å². The molecule has 0 radical (unpaired) electrons. The molecule has 1 aromatic carbocycles. The first kappa shape index (κ1) is 40.9. The Morgan fingerprint density at radius 2 is 1.31 bits per heavy atom. The molecule has 5 fully saturated rings. The Balaban J connectivity index is 0.00000234. The SMILES string of the molecule is CC1(C)CCC[C@]2(C)O[C@H]3CC[C@@]4(C)[C@@H](CC[C@]5(C)[C@@H]4CC[C@]4(C)c6c(S(=O)(=O)O[O-])ccc(OS(=O)(=O)[O-])c6C[C@@H]54)[C@]3(C)CC[C@@H]12.[Na+].[Na+]. The van der Waals surface area contributed by atoms with Gasteiger partial charge in [0.1, 0.15) is 5.75 Å². The number of hydrogen-bond donors (Lipinski definition) is 0. The third-order valence-electron chi connectivity index (χ3n) is 15.7. The Morgan fingerprint density at radius 1 is 0.735 bits per heavy atom. The van der Waals surface area contributed by atoms with Gasteiger partial charge < -0.3 is 23.1 Å². The van der Waals surface area contributed by atoms with E-state index in [9.17, 15) is 26.6 Å². The quantitative estimate of drug-likeness (QED) is 0.141. The summed E-state index contributed by atoms with van der Waals surface area (Å²) in [6, 6.07) is 2.33. The summed E-state index contributed by atoms with van der Waals surface area (Å²) >= 11 is 0. The van der Waals surface area contributed by atoms with Crippen LogP contribution >= 0.6 is 0 Å². The Bertz CT molecular complexity index is 1700. The molecule has 0 spiro atoms. The van der Waals surface area contributed by atoms with Crippen LogP contribution in [-0.2, 0) is 41.4 Å². The van der Waals surface area contributed by atoms with Crippen LogP contribution in [0.3, 0.4) is 0 Å². The van der Waals surface area contributed by atoms with E-state index in [4.69, 9.17) is 8.92 Å². The molecule has 0 aromatic heterocycles. The number of benzene rings is 1. The number of rotatable bonds is 4. The van der Waals surface area contributed by atoms with Gasteiger partial charge in [-0.3, -0.25) is 0 Å². The first-order valence-corrected chi connectivity index (χ1v) is 20.4. The van der Waals surface area contributed by atoms with Gasteiger partial charge in [0.25, 0.3) is 20.5 Å². The number of fused-ring (bicyclic) bond motifs is 10. The Labute approximate surface area is 338 Å². The Morgan fingerprint density at radius 3 is 1.96 bits per heavy atom. The minimum absolute atomic E-state index is 0. The fourth-order valence-corrected chi connectivity index (χ4v) is 15.1. The summed E-state index contributed by atoms with van der Waals surface area (Å²) < 4.78 is 77.2. The average Bonchev–Trinajstić information content (AvgIpc) is 3.21. The van der Waals surface area contributed by atoms with Crippen molar-refractivity contribution >= 4 is 20.5 Å². The molecule has 264 valence electrons. The van der Waals surface area contributed by atoms with Crippen LogP contribution in [-0.4, -0.2) is 33.1 Å². The summed E-state index contributed by atoms with van der Waals surface area (Å²) in [6.07, 6.45) is 12.2. The van der Waals surface area contributed by atoms with Crippen molar-refractivity contribution in [3.63, 3.8) is 0 Å². The molecule has 9 nitrogen and oxygen atoms in total. The van der Waals surface area contributed by atoms with E-state index < -0.39 is 25.9 Å². The molecular weight excluding hydrogens is 687 g/mol. The summed E-state index contributed by atoms with van der Waals surface area (Å²) in [5, 5.41) is 11.5. The molecule has 10 atom stereocenters. The summed E-state index contributed by atoms with van der Waals surface area (Å²) in [7, 11) is -9.77. The molecule has 7 rings (SSSR count). The van der Waals surface area contributed by atoms with Gasteiger partial charge in [-0.05, 0) is 146 Å². The minimum atomic E-state index is -5.11. The first-order chi connectivity index (χ1) is 21.6. The van der Waals surface area contributed by atoms with Gasteiger partial charge in [0.15, 0.2) is 0 Å². The zero-order chi connectivity index (χ0) is 34.2. The maximum atomic E-state index is 13.0. The maximum absolute atomic E-state index is 13.0. The predicted octanol–water partition coefficient (Wildman–Crippen LogP) is 0.341. The predicted molar refractivity (Wildman–Crippen MR) is 172 cm³/mol. The van der Waals surface area contributed by atoms with Crippen LogP contribution < -0.4 is 68.6 Å². The van der Waals surface area contributed by atoms with Gasteiger partial charge in [-0.25, -0.2) is 8.42 Å². The van der Waals surface area contributed by atoms with E-state index in [0.29, 0.717) is 41.7 Å². The van der Waals surface area contributed by atoms with Crippen LogP contribution in [0.25, 0.3) is 0 Å². The maximum Gasteiger partial charge on any atom is 1.00 e. The Kier molecular flexibility index (Phi) is 10.8. The molecule has 1 saturated heterocycles. The molecule has 49 heavy (non-hydrogen) atoms.